The van der Waals surface area contributed by atoms with Crippen molar-refractivity contribution in [2.45, 2.75) is 57.5 Å². The van der Waals surface area contributed by atoms with Crippen molar-refractivity contribution >= 4 is 0 Å². The molecule has 1 N–H and O–H groups in total. The molecule has 2 atom stereocenters. The summed E-state index contributed by atoms with van der Waals surface area (Å²) in [7, 11) is 0. The van der Waals surface area contributed by atoms with Crippen LogP contribution in [0.25, 0.3) is 0 Å². The predicted octanol–water partition coefficient (Wildman–Crippen LogP) is 3.84. The van der Waals surface area contributed by atoms with Crippen molar-refractivity contribution < 1.29 is 0 Å². The molecule has 0 spiro atoms. The third-order valence-electron chi connectivity index (χ3n) is 4.15. The van der Waals surface area contributed by atoms with Gasteiger partial charge in [0, 0.05) is 12.6 Å². The van der Waals surface area contributed by atoms with Crippen LogP contribution in [0.4, 0.5) is 0 Å². The molecule has 0 amide bonds. The smallest absolute Gasteiger partial charge is 0.0208 e. The summed E-state index contributed by atoms with van der Waals surface area (Å²) in [6.07, 6.45) is 6.94. The molecular weight excluding hydrogens is 206 g/mol. The molecule has 2 unspecified atom stereocenters. The highest BCUT2D eigenvalue weighted by Crippen LogP contribution is 2.40. The molecule has 1 aromatic rings. The first-order valence-corrected chi connectivity index (χ1v) is 7.19. The molecule has 0 aliphatic heterocycles. The van der Waals surface area contributed by atoms with Crippen LogP contribution in [0.2, 0.25) is 0 Å². The molecule has 0 bridgehead atoms. The minimum absolute atomic E-state index is 0.805. The number of rotatable bonds is 6. The Morgan fingerprint density at radius 1 is 1.29 bits per heavy atom. The zero-order valence-corrected chi connectivity index (χ0v) is 10.8. The van der Waals surface area contributed by atoms with Gasteiger partial charge in [0.1, 0.15) is 0 Å². The van der Waals surface area contributed by atoms with Crippen molar-refractivity contribution in [3.63, 3.8) is 0 Å². The molecule has 92 valence electrons. The molecule has 0 aromatic heterocycles. The maximum absolute atomic E-state index is 3.69. The van der Waals surface area contributed by atoms with E-state index in [0.717, 1.165) is 24.4 Å². The lowest BCUT2D eigenvalue weighted by Gasteiger charge is -2.06. The van der Waals surface area contributed by atoms with Crippen molar-refractivity contribution in [1.82, 2.24) is 5.32 Å². The van der Waals surface area contributed by atoms with Gasteiger partial charge in [-0.05, 0) is 48.6 Å². The molecule has 2 fully saturated rings. The number of hydrogen-bond acceptors (Lipinski definition) is 1. The van der Waals surface area contributed by atoms with Gasteiger partial charge in [0.05, 0.1) is 0 Å². The second-order valence-corrected chi connectivity index (χ2v) is 5.79. The fourth-order valence-corrected chi connectivity index (χ4v) is 2.81. The molecule has 2 aliphatic rings. The highest BCUT2D eigenvalue weighted by atomic mass is 15.0. The Morgan fingerprint density at radius 2 is 2.18 bits per heavy atom. The molecule has 0 saturated heterocycles. The van der Waals surface area contributed by atoms with Crippen LogP contribution in [0, 0.1) is 5.92 Å². The molecule has 2 saturated carbocycles. The third kappa shape index (κ3) is 2.90. The average molecular weight is 229 g/mol. The number of benzene rings is 1. The van der Waals surface area contributed by atoms with Crippen LogP contribution in [0.3, 0.4) is 0 Å². The van der Waals surface area contributed by atoms with Gasteiger partial charge >= 0.3 is 0 Å². The summed E-state index contributed by atoms with van der Waals surface area (Å²) in [4.78, 5) is 0. The van der Waals surface area contributed by atoms with Crippen LogP contribution >= 0.6 is 0 Å². The fraction of sp³-hybridized carbons (Fsp3) is 0.625. The van der Waals surface area contributed by atoms with E-state index in [-0.39, 0.29) is 0 Å². The first-order chi connectivity index (χ1) is 8.36. The van der Waals surface area contributed by atoms with E-state index in [1.165, 1.54) is 37.7 Å². The summed E-state index contributed by atoms with van der Waals surface area (Å²) in [5.41, 5.74) is 3.03. The predicted molar refractivity (Wildman–Crippen MR) is 72.1 cm³/mol. The van der Waals surface area contributed by atoms with Crippen molar-refractivity contribution in [2.75, 3.05) is 0 Å². The van der Waals surface area contributed by atoms with Crippen LogP contribution in [0.15, 0.2) is 24.3 Å². The zero-order valence-electron chi connectivity index (χ0n) is 10.8. The van der Waals surface area contributed by atoms with Crippen molar-refractivity contribution in [2.24, 2.45) is 5.92 Å². The van der Waals surface area contributed by atoms with E-state index in [1.807, 2.05) is 0 Å². The van der Waals surface area contributed by atoms with Gasteiger partial charge in [-0.15, -0.1) is 0 Å². The van der Waals surface area contributed by atoms with Crippen LogP contribution in [-0.2, 0) is 6.54 Å². The fourth-order valence-electron chi connectivity index (χ4n) is 2.81. The number of hydrogen-bond donors (Lipinski definition) is 1. The maximum atomic E-state index is 3.69. The largest absolute Gasteiger partial charge is 0.310 e. The lowest BCUT2D eigenvalue weighted by molar-refractivity contribution is 0.599. The molecule has 0 heterocycles. The maximum Gasteiger partial charge on any atom is 0.0208 e. The highest BCUT2D eigenvalue weighted by Gasteiger charge is 2.35. The van der Waals surface area contributed by atoms with E-state index in [0.29, 0.717) is 0 Å². The Morgan fingerprint density at radius 3 is 2.94 bits per heavy atom. The monoisotopic (exact) mass is 229 g/mol. The van der Waals surface area contributed by atoms with E-state index >= 15 is 0 Å². The molecule has 1 nitrogen and oxygen atoms in total. The molecule has 0 radical (unpaired) electrons. The Labute approximate surface area is 105 Å². The first kappa shape index (κ1) is 11.3. The Balaban J connectivity index is 1.50. The molecule has 3 rings (SSSR count). The second kappa shape index (κ2) is 4.81. The van der Waals surface area contributed by atoms with Crippen molar-refractivity contribution in [3.8, 4) is 0 Å². The highest BCUT2D eigenvalue weighted by molar-refractivity contribution is 5.29. The minimum atomic E-state index is 0.805. The lowest BCUT2D eigenvalue weighted by Crippen LogP contribution is -2.17. The van der Waals surface area contributed by atoms with Gasteiger partial charge in [-0.25, -0.2) is 0 Å². The van der Waals surface area contributed by atoms with Gasteiger partial charge in [-0.3, -0.25) is 0 Å². The molecule has 1 heteroatoms. The van der Waals surface area contributed by atoms with E-state index in [1.54, 1.807) is 5.56 Å². The SMILES string of the molecule is CCCC1CC1NCc1cccc(C2CC2)c1. The van der Waals surface area contributed by atoms with E-state index in [9.17, 15) is 0 Å². The van der Waals surface area contributed by atoms with Crippen LogP contribution in [-0.4, -0.2) is 6.04 Å². The first-order valence-electron chi connectivity index (χ1n) is 7.19. The summed E-state index contributed by atoms with van der Waals surface area (Å²) in [6, 6.07) is 9.98. The van der Waals surface area contributed by atoms with E-state index in [2.05, 4.69) is 36.5 Å². The lowest BCUT2D eigenvalue weighted by atomic mass is 10.1. The summed E-state index contributed by atoms with van der Waals surface area (Å²) in [5.74, 6) is 1.84. The zero-order chi connectivity index (χ0) is 11.7. The van der Waals surface area contributed by atoms with E-state index < -0.39 is 0 Å². The Hall–Kier alpha value is -0.820. The normalized spacial score (nSPS) is 27.1. The quantitative estimate of drug-likeness (QED) is 0.781. The summed E-state index contributed by atoms with van der Waals surface area (Å²) in [5, 5.41) is 3.69. The molecule has 17 heavy (non-hydrogen) atoms. The third-order valence-corrected chi connectivity index (χ3v) is 4.15. The minimum Gasteiger partial charge on any atom is -0.310 e. The average Bonchev–Trinajstić information content (AvgIpc) is 3.23. The molecule has 2 aliphatic carbocycles. The standard InChI is InChI=1S/C16H23N/c1-2-4-15-10-16(15)17-11-12-5-3-6-14(9-12)13-7-8-13/h3,5-6,9,13,15-17H,2,4,7-8,10-11H2,1H3. The van der Waals surface area contributed by atoms with Crippen LogP contribution < -0.4 is 5.32 Å². The van der Waals surface area contributed by atoms with Gasteiger partial charge in [0.2, 0.25) is 0 Å². The Bertz CT molecular complexity index is 381. The van der Waals surface area contributed by atoms with Gasteiger partial charge in [-0.2, -0.15) is 0 Å². The van der Waals surface area contributed by atoms with Gasteiger partial charge < -0.3 is 5.32 Å². The van der Waals surface area contributed by atoms with Crippen molar-refractivity contribution in [1.29, 1.82) is 0 Å². The van der Waals surface area contributed by atoms with Crippen molar-refractivity contribution in [3.05, 3.63) is 35.4 Å². The second-order valence-electron chi connectivity index (χ2n) is 5.79. The summed E-state index contributed by atoms with van der Waals surface area (Å²) < 4.78 is 0. The van der Waals surface area contributed by atoms with Crippen LogP contribution in [0.1, 0.15) is 56.1 Å². The van der Waals surface area contributed by atoms with Gasteiger partial charge in [0.25, 0.3) is 0 Å². The van der Waals surface area contributed by atoms with E-state index in [4.69, 9.17) is 0 Å². The summed E-state index contributed by atoms with van der Waals surface area (Å²) >= 11 is 0. The topological polar surface area (TPSA) is 12.0 Å². The van der Waals surface area contributed by atoms with Crippen LogP contribution in [0.5, 0.6) is 0 Å². The molecule has 1 aromatic carbocycles. The van der Waals surface area contributed by atoms with Gasteiger partial charge in [0.15, 0.2) is 0 Å². The van der Waals surface area contributed by atoms with Gasteiger partial charge in [-0.1, -0.05) is 37.6 Å². The number of nitrogens with one attached hydrogen (secondary N) is 1. The summed E-state index contributed by atoms with van der Waals surface area (Å²) in [6.45, 7) is 3.35. The molecular formula is C16H23N. The Kier molecular flexibility index (Phi) is 3.19.